The number of aromatic nitrogens is 1. The van der Waals surface area contributed by atoms with Crippen LogP contribution < -0.4 is 4.72 Å². The van der Waals surface area contributed by atoms with E-state index < -0.39 is 15.9 Å². The highest BCUT2D eigenvalue weighted by Crippen LogP contribution is 2.27. The maximum absolute atomic E-state index is 12.1. The Morgan fingerprint density at radius 2 is 1.95 bits per heavy atom. The largest absolute Gasteiger partial charge is 0.275 e. The molecule has 5 nitrogen and oxygen atoms in total. The molecule has 0 unspecified atom stereocenters. The molecule has 0 bridgehead atoms. The zero-order valence-electron chi connectivity index (χ0n) is 10.4. The summed E-state index contributed by atoms with van der Waals surface area (Å²) in [6, 6.07) is 4.12. The smallest absolute Gasteiger partial charge is 0.268 e. The first-order chi connectivity index (χ1) is 9.70. The Hall–Kier alpha value is -0.860. The van der Waals surface area contributed by atoms with Gasteiger partial charge in [0.2, 0.25) is 0 Å². The molecular formula is C11H7Cl3N2O3S2. The molecule has 0 radical (unpaired) electrons. The average molecular weight is 386 g/mol. The van der Waals surface area contributed by atoms with Crippen molar-refractivity contribution in [1.82, 2.24) is 9.71 Å². The molecule has 0 aliphatic rings. The zero-order chi connectivity index (χ0) is 15.8. The van der Waals surface area contributed by atoms with Gasteiger partial charge in [-0.15, -0.1) is 0 Å². The number of halogens is 3. The van der Waals surface area contributed by atoms with Gasteiger partial charge in [-0.25, -0.2) is 18.1 Å². The van der Waals surface area contributed by atoms with Gasteiger partial charge in [-0.3, -0.25) is 4.79 Å². The Morgan fingerprint density at radius 1 is 1.29 bits per heavy atom. The molecule has 0 saturated carbocycles. The Labute approximate surface area is 139 Å². The monoisotopic (exact) mass is 384 g/mol. The zero-order valence-corrected chi connectivity index (χ0v) is 14.3. The summed E-state index contributed by atoms with van der Waals surface area (Å²) in [5, 5.41) is 0.388. The molecule has 2 rings (SSSR count). The van der Waals surface area contributed by atoms with Gasteiger partial charge in [0.25, 0.3) is 15.9 Å². The minimum atomic E-state index is -4.06. The predicted octanol–water partition coefficient (Wildman–Crippen LogP) is 3.53. The first-order valence-corrected chi connectivity index (χ1v) is 8.79. The van der Waals surface area contributed by atoms with Crippen LogP contribution in [0.4, 0.5) is 0 Å². The van der Waals surface area contributed by atoms with Crippen LogP contribution in [0.2, 0.25) is 14.5 Å². The molecule has 0 fully saturated rings. The standard InChI is InChI=1S/C11H7Cl3N2O3S2/c1-5-10(20-11(14)15-5)21(18,19)16-9(17)7-3-2-6(12)4-8(7)13/h2-4H,1H3,(H,16,17). The van der Waals surface area contributed by atoms with E-state index in [-0.39, 0.29) is 25.0 Å². The number of thiazole rings is 1. The molecule has 2 aromatic rings. The van der Waals surface area contributed by atoms with Crippen LogP contribution in [-0.2, 0) is 10.0 Å². The number of carbonyl (C=O) groups excluding carboxylic acids is 1. The topological polar surface area (TPSA) is 76.1 Å². The van der Waals surface area contributed by atoms with Gasteiger partial charge in [0.15, 0.2) is 8.68 Å². The Bertz CT molecular complexity index is 818. The van der Waals surface area contributed by atoms with Crippen LogP contribution in [-0.4, -0.2) is 19.3 Å². The molecule has 1 N–H and O–H groups in total. The Kier molecular flexibility index (Phi) is 4.79. The maximum atomic E-state index is 12.1. The van der Waals surface area contributed by atoms with E-state index in [2.05, 4.69) is 4.98 Å². The van der Waals surface area contributed by atoms with Gasteiger partial charge in [-0.1, -0.05) is 46.1 Å². The number of hydrogen-bond donors (Lipinski definition) is 1. The number of aryl methyl sites for hydroxylation is 1. The Balaban J connectivity index is 2.32. The van der Waals surface area contributed by atoms with E-state index in [0.29, 0.717) is 5.02 Å². The molecule has 0 aliphatic heterocycles. The molecule has 1 heterocycles. The van der Waals surface area contributed by atoms with Crippen LogP contribution in [0.15, 0.2) is 22.4 Å². The first-order valence-electron chi connectivity index (χ1n) is 5.36. The third-order valence-electron chi connectivity index (χ3n) is 2.37. The van der Waals surface area contributed by atoms with Gasteiger partial charge in [-0.05, 0) is 25.1 Å². The third kappa shape index (κ3) is 3.67. The number of sulfonamides is 1. The van der Waals surface area contributed by atoms with Crippen molar-refractivity contribution < 1.29 is 13.2 Å². The van der Waals surface area contributed by atoms with Crippen molar-refractivity contribution >= 4 is 62.1 Å². The van der Waals surface area contributed by atoms with E-state index in [1.165, 1.54) is 25.1 Å². The summed E-state index contributed by atoms with van der Waals surface area (Å²) in [5.41, 5.74) is 0.213. The lowest BCUT2D eigenvalue weighted by molar-refractivity contribution is 0.0981. The average Bonchev–Trinajstić information content (AvgIpc) is 2.68. The van der Waals surface area contributed by atoms with Crippen LogP contribution in [0.1, 0.15) is 16.1 Å². The van der Waals surface area contributed by atoms with Crippen LogP contribution in [0.5, 0.6) is 0 Å². The molecule has 10 heteroatoms. The van der Waals surface area contributed by atoms with Crippen molar-refractivity contribution in [2.24, 2.45) is 0 Å². The molecule has 112 valence electrons. The molecular weight excluding hydrogens is 379 g/mol. The summed E-state index contributed by atoms with van der Waals surface area (Å²) in [6.45, 7) is 1.48. The predicted molar refractivity (Wildman–Crippen MR) is 83.0 cm³/mol. The van der Waals surface area contributed by atoms with Crippen molar-refractivity contribution in [1.29, 1.82) is 0 Å². The number of carbonyl (C=O) groups is 1. The van der Waals surface area contributed by atoms with Gasteiger partial charge in [0.1, 0.15) is 0 Å². The van der Waals surface area contributed by atoms with Crippen molar-refractivity contribution in [2.75, 3.05) is 0 Å². The lowest BCUT2D eigenvalue weighted by Gasteiger charge is -2.07. The summed E-state index contributed by atoms with van der Waals surface area (Å²) in [7, 11) is -4.06. The molecule has 21 heavy (non-hydrogen) atoms. The maximum Gasteiger partial charge on any atom is 0.275 e. The fraction of sp³-hybridized carbons (Fsp3) is 0.0909. The van der Waals surface area contributed by atoms with E-state index in [1.807, 2.05) is 4.72 Å². The number of rotatable bonds is 3. The van der Waals surface area contributed by atoms with E-state index in [9.17, 15) is 13.2 Å². The summed E-state index contributed by atoms with van der Waals surface area (Å²) < 4.78 is 26.2. The fourth-order valence-electron chi connectivity index (χ4n) is 1.50. The second-order valence-corrected chi connectivity index (χ2v) is 8.20. The van der Waals surface area contributed by atoms with Crippen LogP contribution in [0, 0.1) is 6.92 Å². The van der Waals surface area contributed by atoms with E-state index in [1.54, 1.807) is 0 Å². The molecule has 1 aromatic heterocycles. The van der Waals surface area contributed by atoms with Crippen molar-refractivity contribution in [3.63, 3.8) is 0 Å². The highest BCUT2D eigenvalue weighted by atomic mass is 35.5. The second kappa shape index (κ2) is 6.10. The fourth-order valence-corrected chi connectivity index (χ4v) is 4.70. The van der Waals surface area contributed by atoms with Gasteiger partial charge in [0.05, 0.1) is 16.3 Å². The number of amides is 1. The number of nitrogens with one attached hydrogen (secondary N) is 1. The second-order valence-electron chi connectivity index (χ2n) is 3.90. The van der Waals surface area contributed by atoms with E-state index >= 15 is 0 Å². The van der Waals surface area contributed by atoms with Crippen molar-refractivity contribution in [2.45, 2.75) is 11.1 Å². The summed E-state index contributed by atoms with van der Waals surface area (Å²) in [4.78, 5) is 15.8. The molecule has 1 amide bonds. The molecule has 0 saturated heterocycles. The van der Waals surface area contributed by atoms with Crippen LogP contribution in [0.25, 0.3) is 0 Å². The van der Waals surface area contributed by atoms with Crippen molar-refractivity contribution in [3.8, 4) is 0 Å². The summed E-state index contributed by atoms with van der Waals surface area (Å²) >= 11 is 18.0. The lowest BCUT2D eigenvalue weighted by atomic mass is 10.2. The summed E-state index contributed by atoms with van der Waals surface area (Å²) in [5.74, 6) is -0.861. The summed E-state index contributed by atoms with van der Waals surface area (Å²) in [6.07, 6.45) is 0. The van der Waals surface area contributed by atoms with E-state index in [4.69, 9.17) is 34.8 Å². The van der Waals surface area contributed by atoms with Crippen molar-refractivity contribution in [3.05, 3.63) is 44.0 Å². The van der Waals surface area contributed by atoms with Gasteiger partial charge >= 0.3 is 0 Å². The SMILES string of the molecule is Cc1nc(Cl)sc1S(=O)(=O)NC(=O)c1ccc(Cl)cc1Cl. The number of nitrogens with zero attached hydrogens (tertiary/aromatic N) is 1. The minimum Gasteiger partial charge on any atom is -0.268 e. The molecule has 0 atom stereocenters. The van der Waals surface area contributed by atoms with Gasteiger partial charge < -0.3 is 0 Å². The van der Waals surface area contributed by atoms with E-state index in [0.717, 1.165) is 11.3 Å². The first kappa shape index (κ1) is 16.5. The normalized spacial score (nSPS) is 11.4. The van der Waals surface area contributed by atoms with Crippen LogP contribution in [0.3, 0.4) is 0 Å². The third-order valence-corrected chi connectivity index (χ3v) is 6.13. The minimum absolute atomic E-state index is 0.00194. The molecule has 0 aliphatic carbocycles. The lowest BCUT2D eigenvalue weighted by Crippen LogP contribution is -2.30. The quantitative estimate of drug-likeness (QED) is 0.877. The molecule has 0 spiro atoms. The molecule has 1 aromatic carbocycles. The highest BCUT2D eigenvalue weighted by molar-refractivity contribution is 7.92. The number of benzene rings is 1. The van der Waals surface area contributed by atoms with Gasteiger partial charge in [0, 0.05) is 5.02 Å². The highest BCUT2D eigenvalue weighted by Gasteiger charge is 2.25. The van der Waals surface area contributed by atoms with Crippen LogP contribution >= 0.6 is 46.1 Å². The van der Waals surface area contributed by atoms with Gasteiger partial charge in [-0.2, -0.15) is 0 Å². The Morgan fingerprint density at radius 3 is 2.48 bits per heavy atom. The number of hydrogen-bond acceptors (Lipinski definition) is 5.